The molecule has 1 aromatic rings. The summed E-state index contributed by atoms with van der Waals surface area (Å²) in [5.74, 6) is -0.983. The Labute approximate surface area is 117 Å². The second-order valence-corrected chi connectivity index (χ2v) is 4.62. The van der Waals surface area contributed by atoms with E-state index in [0.29, 0.717) is 5.02 Å². The summed E-state index contributed by atoms with van der Waals surface area (Å²) in [6, 6.07) is 4.50. The van der Waals surface area contributed by atoms with Crippen LogP contribution in [0.15, 0.2) is 18.2 Å². The molecule has 6 heteroatoms. The van der Waals surface area contributed by atoms with Crippen molar-refractivity contribution in [3.63, 3.8) is 0 Å². The lowest BCUT2D eigenvalue weighted by Gasteiger charge is -2.11. The smallest absolute Gasteiger partial charge is 0.340 e. The lowest BCUT2D eigenvalue weighted by molar-refractivity contribution is -0.124. The molecule has 0 spiro atoms. The van der Waals surface area contributed by atoms with Crippen LogP contribution in [-0.4, -0.2) is 24.5 Å². The highest BCUT2D eigenvalue weighted by atomic mass is 35.5. The van der Waals surface area contributed by atoms with E-state index in [1.165, 1.54) is 18.2 Å². The van der Waals surface area contributed by atoms with E-state index in [1.54, 1.807) is 0 Å². The number of anilines is 1. The van der Waals surface area contributed by atoms with E-state index in [2.05, 4.69) is 5.32 Å². The van der Waals surface area contributed by atoms with Gasteiger partial charge in [-0.2, -0.15) is 0 Å². The number of ether oxygens (including phenoxy) is 1. The number of esters is 1. The fourth-order valence-electron chi connectivity index (χ4n) is 1.35. The van der Waals surface area contributed by atoms with Gasteiger partial charge in [0.05, 0.1) is 5.56 Å². The summed E-state index contributed by atoms with van der Waals surface area (Å²) >= 11 is 5.73. The second kappa shape index (κ2) is 6.99. The maximum absolute atomic E-state index is 11.7. The Kier molecular flexibility index (Phi) is 5.63. The maximum Gasteiger partial charge on any atom is 0.340 e. The van der Waals surface area contributed by atoms with E-state index in [9.17, 15) is 9.59 Å². The molecule has 0 radical (unpaired) electrons. The predicted molar refractivity (Wildman–Crippen MR) is 74.0 cm³/mol. The van der Waals surface area contributed by atoms with Crippen molar-refractivity contribution in [2.45, 2.75) is 26.3 Å². The molecule has 1 unspecified atom stereocenters. The fourth-order valence-corrected chi connectivity index (χ4v) is 1.53. The molecule has 0 saturated carbocycles. The molecule has 1 rings (SSSR count). The number of benzene rings is 1. The molecule has 5 nitrogen and oxygen atoms in total. The number of nitrogens with two attached hydrogens (primary N) is 1. The van der Waals surface area contributed by atoms with E-state index < -0.39 is 5.97 Å². The minimum atomic E-state index is -0.645. The van der Waals surface area contributed by atoms with Crippen LogP contribution in [0, 0.1) is 0 Å². The summed E-state index contributed by atoms with van der Waals surface area (Å²) in [5.41, 5.74) is 6.06. The summed E-state index contributed by atoms with van der Waals surface area (Å²) in [6.07, 6.45) is 0.809. The first kappa shape index (κ1) is 15.3. The standard InChI is InChI=1S/C13H17ClN2O3/c1-3-8(2)16-12(17)7-19-13(18)10-5-4-9(14)6-11(10)15/h4-6,8H,3,7,15H2,1-2H3,(H,16,17). The molecule has 0 aliphatic rings. The average Bonchev–Trinajstić information content (AvgIpc) is 2.35. The van der Waals surface area contributed by atoms with Gasteiger partial charge in [-0.1, -0.05) is 18.5 Å². The van der Waals surface area contributed by atoms with Gasteiger partial charge in [0.25, 0.3) is 5.91 Å². The summed E-state index contributed by atoms with van der Waals surface area (Å²) in [4.78, 5) is 23.2. The van der Waals surface area contributed by atoms with E-state index >= 15 is 0 Å². The van der Waals surface area contributed by atoms with Crippen LogP contribution in [0.3, 0.4) is 0 Å². The molecule has 1 atom stereocenters. The van der Waals surface area contributed by atoms with Crippen LogP contribution < -0.4 is 11.1 Å². The van der Waals surface area contributed by atoms with Crippen molar-refractivity contribution in [3.05, 3.63) is 28.8 Å². The number of hydrogen-bond donors (Lipinski definition) is 2. The van der Waals surface area contributed by atoms with Crippen molar-refractivity contribution < 1.29 is 14.3 Å². The molecule has 19 heavy (non-hydrogen) atoms. The van der Waals surface area contributed by atoms with E-state index in [1.807, 2.05) is 13.8 Å². The quantitative estimate of drug-likeness (QED) is 0.640. The highest BCUT2D eigenvalue weighted by Crippen LogP contribution is 2.18. The predicted octanol–water partition coefficient (Wildman–Crippen LogP) is 1.99. The van der Waals surface area contributed by atoms with Gasteiger partial charge in [0, 0.05) is 16.8 Å². The number of nitrogen functional groups attached to an aromatic ring is 1. The van der Waals surface area contributed by atoms with Crippen LogP contribution >= 0.6 is 11.6 Å². The van der Waals surface area contributed by atoms with Gasteiger partial charge in [-0.25, -0.2) is 4.79 Å². The Hall–Kier alpha value is -1.75. The number of rotatable bonds is 5. The summed E-state index contributed by atoms with van der Waals surface area (Å²) in [6.45, 7) is 3.49. The number of nitrogens with one attached hydrogen (secondary N) is 1. The van der Waals surface area contributed by atoms with Gasteiger partial charge < -0.3 is 15.8 Å². The Morgan fingerprint density at radius 2 is 2.16 bits per heavy atom. The highest BCUT2D eigenvalue weighted by molar-refractivity contribution is 6.31. The Bertz CT molecular complexity index is 477. The molecule has 0 aliphatic carbocycles. The van der Waals surface area contributed by atoms with Crippen LogP contribution in [-0.2, 0) is 9.53 Å². The monoisotopic (exact) mass is 284 g/mol. The molecule has 0 aliphatic heterocycles. The van der Waals surface area contributed by atoms with Crippen LogP contribution in [0.25, 0.3) is 0 Å². The number of amides is 1. The molecule has 0 fully saturated rings. The highest BCUT2D eigenvalue weighted by Gasteiger charge is 2.14. The third kappa shape index (κ3) is 4.79. The molecular formula is C13H17ClN2O3. The van der Waals surface area contributed by atoms with E-state index in [-0.39, 0.29) is 29.8 Å². The summed E-state index contributed by atoms with van der Waals surface area (Å²) in [7, 11) is 0. The second-order valence-electron chi connectivity index (χ2n) is 4.18. The van der Waals surface area contributed by atoms with Crippen molar-refractivity contribution in [2.24, 2.45) is 0 Å². The SMILES string of the molecule is CCC(C)NC(=O)COC(=O)c1ccc(Cl)cc1N. The fraction of sp³-hybridized carbons (Fsp3) is 0.385. The molecule has 104 valence electrons. The first-order chi connectivity index (χ1) is 8.93. The van der Waals surface area contributed by atoms with Gasteiger partial charge in [0.15, 0.2) is 6.61 Å². The molecule has 1 aromatic carbocycles. The molecule has 1 amide bonds. The molecule has 0 saturated heterocycles. The maximum atomic E-state index is 11.7. The van der Waals surface area contributed by atoms with E-state index in [4.69, 9.17) is 22.1 Å². The molecular weight excluding hydrogens is 268 g/mol. The Balaban J connectivity index is 2.54. The Morgan fingerprint density at radius 1 is 1.47 bits per heavy atom. The van der Waals surface area contributed by atoms with E-state index in [0.717, 1.165) is 6.42 Å². The summed E-state index contributed by atoms with van der Waals surface area (Å²) in [5, 5.41) is 3.13. The molecule has 0 bridgehead atoms. The largest absolute Gasteiger partial charge is 0.452 e. The van der Waals surface area contributed by atoms with Crippen molar-refractivity contribution in [1.82, 2.24) is 5.32 Å². The normalized spacial score (nSPS) is 11.7. The van der Waals surface area contributed by atoms with Crippen LogP contribution in [0.4, 0.5) is 5.69 Å². The first-order valence-electron chi connectivity index (χ1n) is 5.95. The minimum Gasteiger partial charge on any atom is -0.452 e. The average molecular weight is 285 g/mol. The topological polar surface area (TPSA) is 81.4 Å². The van der Waals surface area contributed by atoms with Gasteiger partial charge in [0.1, 0.15) is 0 Å². The zero-order chi connectivity index (χ0) is 14.4. The zero-order valence-electron chi connectivity index (χ0n) is 10.9. The lowest BCUT2D eigenvalue weighted by atomic mass is 10.2. The third-order valence-electron chi connectivity index (χ3n) is 2.59. The summed E-state index contributed by atoms with van der Waals surface area (Å²) < 4.78 is 4.88. The first-order valence-corrected chi connectivity index (χ1v) is 6.33. The zero-order valence-corrected chi connectivity index (χ0v) is 11.7. The van der Waals surface area contributed by atoms with Gasteiger partial charge in [-0.05, 0) is 31.5 Å². The Morgan fingerprint density at radius 3 is 2.74 bits per heavy atom. The lowest BCUT2D eigenvalue weighted by Crippen LogP contribution is -2.35. The molecule has 3 N–H and O–H groups in total. The number of halogens is 1. The van der Waals surface area contributed by atoms with Gasteiger partial charge >= 0.3 is 5.97 Å². The molecule has 0 heterocycles. The van der Waals surface area contributed by atoms with Crippen LogP contribution in [0.1, 0.15) is 30.6 Å². The van der Waals surface area contributed by atoms with Gasteiger partial charge in [0.2, 0.25) is 0 Å². The van der Waals surface area contributed by atoms with Gasteiger partial charge in [-0.15, -0.1) is 0 Å². The number of carbonyl (C=O) groups is 2. The van der Waals surface area contributed by atoms with Crippen LogP contribution in [0.2, 0.25) is 5.02 Å². The van der Waals surface area contributed by atoms with Gasteiger partial charge in [-0.3, -0.25) is 4.79 Å². The molecule has 0 aromatic heterocycles. The van der Waals surface area contributed by atoms with Crippen molar-refractivity contribution in [2.75, 3.05) is 12.3 Å². The van der Waals surface area contributed by atoms with Crippen molar-refractivity contribution in [3.8, 4) is 0 Å². The number of carbonyl (C=O) groups excluding carboxylic acids is 2. The van der Waals surface area contributed by atoms with Crippen molar-refractivity contribution in [1.29, 1.82) is 0 Å². The number of hydrogen-bond acceptors (Lipinski definition) is 4. The third-order valence-corrected chi connectivity index (χ3v) is 2.82. The minimum absolute atomic E-state index is 0.0480. The van der Waals surface area contributed by atoms with Crippen LogP contribution in [0.5, 0.6) is 0 Å². The van der Waals surface area contributed by atoms with Crippen molar-refractivity contribution >= 4 is 29.2 Å².